The molecule has 1 unspecified atom stereocenters. The lowest BCUT2D eigenvalue weighted by Crippen LogP contribution is -2.53. The molecule has 3 atom stereocenters. The number of fused-ring (bicyclic) bond motifs is 3. The molecule has 0 saturated heterocycles. The van der Waals surface area contributed by atoms with E-state index in [9.17, 15) is 19.8 Å². The molecule has 318 valence electrons. The van der Waals surface area contributed by atoms with Crippen molar-refractivity contribution in [3.05, 3.63) is 147 Å². The number of carbonyl (C=O) groups is 2. The molecule has 1 spiro atoms. The van der Waals surface area contributed by atoms with Crippen molar-refractivity contribution in [1.29, 1.82) is 0 Å². The Bertz CT molecular complexity index is 2360. The van der Waals surface area contributed by atoms with Crippen molar-refractivity contribution in [2.24, 2.45) is 11.8 Å². The maximum absolute atomic E-state index is 13.1. The molecule has 8 rings (SSSR count). The van der Waals surface area contributed by atoms with Gasteiger partial charge in [-0.05, 0) is 159 Å². The zero-order chi connectivity index (χ0) is 42.6. The summed E-state index contributed by atoms with van der Waals surface area (Å²) in [5, 5.41) is 28.2. The average Bonchev–Trinajstić information content (AvgIpc) is 3.54. The zero-order valence-corrected chi connectivity index (χ0v) is 35.8. The highest BCUT2D eigenvalue weighted by atomic mass is 35.5. The molecule has 1 saturated carbocycles. The third kappa shape index (κ3) is 9.23. The predicted octanol–water partition coefficient (Wildman–Crippen LogP) is 11.1. The normalized spacial score (nSPS) is 22.1. The molecular weight excluding hydrogens is 786 g/mol. The zero-order valence-electron chi connectivity index (χ0n) is 35.1. The SMILES string of the molecule is C[C@@H](COc1ccnc2c1[C@H](C)CCC2)CC1Cc2ccc(OCc3cc(NCCc4ccccc4)ccc3C(=O)O)cc2C12CCC(Nc1cccc(Cl)c1)(C(=O)O)CC2. The van der Waals surface area contributed by atoms with E-state index in [-0.39, 0.29) is 29.4 Å². The van der Waals surface area contributed by atoms with Gasteiger partial charge in [-0.1, -0.05) is 67.9 Å². The van der Waals surface area contributed by atoms with Gasteiger partial charge in [-0.3, -0.25) is 4.98 Å². The Kier molecular flexibility index (Phi) is 12.6. The van der Waals surface area contributed by atoms with Crippen LogP contribution in [0, 0.1) is 11.8 Å². The average molecular weight is 842 g/mol. The molecule has 61 heavy (non-hydrogen) atoms. The van der Waals surface area contributed by atoms with Gasteiger partial charge < -0.3 is 30.3 Å². The number of carboxylic acid groups (broad SMARTS) is 2. The van der Waals surface area contributed by atoms with Crippen LogP contribution < -0.4 is 20.1 Å². The van der Waals surface area contributed by atoms with E-state index in [1.54, 1.807) is 24.3 Å². The monoisotopic (exact) mass is 841 g/mol. The molecule has 4 N–H and O–H groups in total. The summed E-state index contributed by atoms with van der Waals surface area (Å²) < 4.78 is 13.1. The first kappa shape index (κ1) is 42.2. The molecule has 1 heterocycles. The summed E-state index contributed by atoms with van der Waals surface area (Å²) in [6.45, 7) is 5.91. The summed E-state index contributed by atoms with van der Waals surface area (Å²) in [6.07, 6.45) is 10.0. The van der Waals surface area contributed by atoms with Crippen LogP contribution in [-0.2, 0) is 36.1 Å². The number of aromatic nitrogens is 1. The van der Waals surface area contributed by atoms with E-state index in [4.69, 9.17) is 21.1 Å². The Morgan fingerprint density at radius 3 is 2.51 bits per heavy atom. The van der Waals surface area contributed by atoms with Crippen molar-refractivity contribution in [3.8, 4) is 11.5 Å². The number of carboxylic acids is 2. The number of aryl methyl sites for hydroxylation is 1. The van der Waals surface area contributed by atoms with Crippen LogP contribution in [0.25, 0.3) is 0 Å². The molecule has 0 aliphatic heterocycles. The third-order valence-electron chi connectivity index (χ3n) is 13.6. The summed E-state index contributed by atoms with van der Waals surface area (Å²) in [4.78, 5) is 30.1. The van der Waals surface area contributed by atoms with E-state index in [0.29, 0.717) is 66.8 Å². The topological polar surface area (TPSA) is 130 Å². The van der Waals surface area contributed by atoms with Gasteiger partial charge in [-0.15, -0.1) is 0 Å². The lowest BCUT2D eigenvalue weighted by molar-refractivity contribution is -0.144. The number of benzene rings is 4. The van der Waals surface area contributed by atoms with Crippen molar-refractivity contribution in [1.82, 2.24) is 4.98 Å². The number of aliphatic carboxylic acids is 1. The summed E-state index contributed by atoms with van der Waals surface area (Å²) in [5.74, 6) is 0.674. The van der Waals surface area contributed by atoms with Crippen molar-refractivity contribution in [2.75, 3.05) is 23.8 Å². The highest BCUT2D eigenvalue weighted by Gasteiger charge is 2.54. The van der Waals surface area contributed by atoms with Crippen LogP contribution in [0.1, 0.15) is 109 Å². The minimum atomic E-state index is -1.14. The fourth-order valence-corrected chi connectivity index (χ4v) is 10.5. The van der Waals surface area contributed by atoms with Crippen LogP contribution in [0.4, 0.5) is 11.4 Å². The second-order valence-electron chi connectivity index (χ2n) is 17.6. The lowest BCUT2D eigenvalue weighted by atomic mass is 9.59. The summed E-state index contributed by atoms with van der Waals surface area (Å²) in [5.41, 5.74) is 6.99. The minimum absolute atomic E-state index is 0.0857. The minimum Gasteiger partial charge on any atom is -0.493 e. The largest absolute Gasteiger partial charge is 0.493 e. The van der Waals surface area contributed by atoms with Gasteiger partial charge in [-0.25, -0.2) is 9.59 Å². The first-order valence-corrected chi connectivity index (χ1v) is 22.2. The second kappa shape index (κ2) is 18.2. The van der Waals surface area contributed by atoms with Gasteiger partial charge in [0.05, 0.1) is 12.2 Å². The quantitative estimate of drug-likeness (QED) is 0.0767. The number of rotatable bonds is 16. The Labute approximate surface area is 363 Å². The first-order chi connectivity index (χ1) is 29.5. The summed E-state index contributed by atoms with van der Waals surface area (Å²) in [7, 11) is 0. The summed E-state index contributed by atoms with van der Waals surface area (Å²) >= 11 is 6.32. The van der Waals surface area contributed by atoms with Crippen LogP contribution >= 0.6 is 11.6 Å². The molecule has 3 aliphatic rings. The van der Waals surface area contributed by atoms with Crippen molar-refractivity contribution in [2.45, 2.75) is 102 Å². The van der Waals surface area contributed by atoms with E-state index in [1.807, 2.05) is 54.7 Å². The van der Waals surface area contributed by atoms with Gasteiger partial charge in [0.15, 0.2) is 0 Å². The number of nitrogens with zero attached hydrogens (tertiary/aromatic N) is 1. The molecule has 1 aromatic heterocycles. The molecule has 0 amide bonds. The standard InChI is InChI=1S/C51H56ClN3O6/c1-33(31-61-46-19-25-54-45-13-6-8-34(2)47(45)46)26-38-27-36-14-16-42(60-32-37-28-40(15-17-43(37)48(56)57)53-24-18-35-9-4-3-5-10-35)30-44(36)50(38)20-22-51(23-21-50,49(58)59)55-41-12-7-11-39(52)29-41/h3-5,7,9-12,14-17,19,25,28-30,33-34,38,53,55H,6,8,13,18,20-24,26-27,31-32H2,1-2H3,(H,56,57)(H,58,59)/t33-,34-,38?,50?,51?/m1/s1. The van der Waals surface area contributed by atoms with E-state index in [2.05, 4.69) is 53.7 Å². The Morgan fingerprint density at radius 1 is 0.918 bits per heavy atom. The highest BCUT2D eigenvalue weighted by molar-refractivity contribution is 6.30. The lowest BCUT2D eigenvalue weighted by Gasteiger charge is -2.47. The smallest absolute Gasteiger partial charge is 0.336 e. The van der Waals surface area contributed by atoms with Gasteiger partial charge in [-0.2, -0.15) is 0 Å². The van der Waals surface area contributed by atoms with E-state index < -0.39 is 17.5 Å². The van der Waals surface area contributed by atoms with Gasteiger partial charge in [0.2, 0.25) is 0 Å². The maximum atomic E-state index is 13.1. The number of aromatic carboxylic acids is 1. The molecule has 0 radical (unpaired) electrons. The fourth-order valence-electron chi connectivity index (χ4n) is 10.4. The first-order valence-electron chi connectivity index (χ1n) is 21.8. The molecule has 9 nitrogen and oxygen atoms in total. The van der Waals surface area contributed by atoms with Crippen LogP contribution in [-0.4, -0.2) is 45.8 Å². The Morgan fingerprint density at radius 2 is 1.74 bits per heavy atom. The second-order valence-corrected chi connectivity index (χ2v) is 18.1. The number of nitrogens with one attached hydrogen (secondary N) is 2. The molecule has 0 bridgehead atoms. The molecule has 5 aromatic rings. The molecule has 10 heteroatoms. The Hall–Kier alpha value is -5.54. The fraction of sp³-hybridized carbons (Fsp3) is 0.392. The number of halogens is 1. The van der Waals surface area contributed by atoms with Crippen molar-refractivity contribution in [3.63, 3.8) is 0 Å². The molecule has 3 aliphatic carbocycles. The van der Waals surface area contributed by atoms with E-state index in [0.717, 1.165) is 55.7 Å². The van der Waals surface area contributed by atoms with Gasteiger partial charge in [0.1, 0.15) is 23.6 Å². The molecule has 4 aromatic carbocycles. The van der Waals surface area contributed by atoms with Crippen LogP contribution in [0.2, 0.25) is 5.02 Å². The number of hydrogen-bond donors (Lipinski definition) is 4. The van der Waals surface area contributed by atoms with Crippen molar-refractivity contribution >= 4 is 34.9 Å². The molecule has 1 fully saturated rings. The third-order valence-corrected chi connectivity index (χ3v) is 13.8. The van der Waals surface area contributed by atoms with Gasteiger partial charge >= 0.3 is 11.9 Å². The van der Waals surface area contributed by atoms with Crippen LogP contribution in [0.3, 0.4) is 0 Å². The van der Waals surface area contributed by atoms with Crippen LogP contribution in [0.15, 0.2) is 103 Å². The van der Waals surface area contributed by atoms with Crippen molar-refractivity contribution < 1.29 is 29.3 Å². The Balaban J connectivity index is 1.03. The van der Waals surface area contributed by atoms with Gasteiger partial charge in [0.25, 0.3) is 0 Å². The van der Waals surface area contributed by atoms with E-state index in [1.165, 1.54) is 22.3 Å². The number of hydrogen-bond acceptors (Lipinski definition) is 7. The molecular formula is C51H56ClN3O6. The number of anilines is 2. The van der Waals surface area contributed by atoms with Crippen LogP contribution in [0.5, 0.6) is 11.5 Å². The van der Waals surface area contributed by atoms with E-state index >= 15 is 0 Å². The summed E-state index contributed by atoms with van der Waals surface area (Å²) in [6, 6.07) is 31.1. The number of ether oxygens (including phenoxy) is 2. The number of pyridine rings is 1. The van der Waals surface area contributed by atoms with Gasteiger partial charge in [0, 0.05) is 46.0 Å². The maximum Gasteiger partial charge on any atom is 0.336 e. The highest BCUT2D eigenvalue weighted by Crippen LogP contribution is 2.57. The predicted molar refractivity (Wildman–Crippen MR) is 240 cm³/mol.